The summed E-state index contributed by atoms with van der Waals surface area (Å²) in [4.78, 5) is 28.2. The van der Waals surface area contributed by atoms with Crippen molar-refractivity contribution >= 4 is 44.5 Å². The smallest absolute Gasteiger partial charge is 0.417 e. The molecule has 2 heterocycles. The average Bonchev–Trinajstić information content (AvgIpc) is 3.05. The maximum absolute atomic E-state index is 11.7. The fourth-order valence-electron chi connectivity index (χ4n) is 1.94. The predicted octanol–water partition coefficient (Wildman–Crippen LogP) is 2.98. The number of carboxylic acids is 1. The molecule has 1 aromatic carbocycles. The Balaban J connectivity index is 1.92. The number of carbonyl (C=O) groups is 2. The summed E-state index contributed by atoms with van der Waals surface area (Å²) in [6.07, 6.45) is -0.681. The molecular weight excluding hydrogens is 360 g/mol. The number of ether oxygens (including phenoxy) is 1. The first-order chi connectivity index (χ1) is 10.1. The van der Waals surface area contributed by atoms with Crippen molar-refractivity contribution in [3.63, 3.8) is 0 Å². The molecule has 6 nitrogen and oxygen atoms in total. The highest BCUT2D eigenvalue weighted by molar-refractivity contribution is 9.10. The minimum Gasteiger partial charge on any atom is -0.480 e. The Hall–Kier alpha value is -1.93. The first-order valence-corrected chi connectivity index (χ1v) is 7.64. The van der Waals surface area contributed by atoms with Crippen LogP contribution in [0.1, 0.15) is 0 Å². The number of rotatable bonds is 3. The molecule has 8 heteroatoms. The molecule has 0 bridgehead atoms. The van der Waals surface area contributed by atoms with E-state index in [0.717, 1.165) is 14.9 Å². The van der Waals surface area contributed by atoms with E-state index in [1.807, 2.05) is 24.3 Å². The molecule has 3 rings (SSSR count). The van der Waals surface area contributed by atoms with E-state index < -0.39 is 18.1 Å². The van der Waals surface area contributed by atoms with E-state index in [2.05, 4.69) is 20.9 Å². The van der Waals surface area contributed by atoms with Crippen molar-refractivity contribution in [2.75, 3.05) is 11.5 Å². The lowest BCUT2D eigenvalue weighted by molar-refractivity contribution is -0.138. The zero-order valence-corrected chi connectivity index (χ0v) is 12.9. The number of cyclic esters (lactones) is 1. The summed E-state index contributed by atoms with van der Waals surface area (Å²) >= 11 is 4.57. The Morgan fingerprint density at radius 3 is 2.81 bits per heavy atom. The molecule has 1 aromatic heterocycles. The SMILES string of the molecule is O=C(O)[C@@H]1COC(=O)N1c1nc(-c2ccc(Br)cc2)cs1. The number of nitrogens with zero attached hydrogens (tertiary/aromatic N) is 2. The van der Waals surface area contributed by atoms with Gasteiger partial charge < -0.3 is 9.84 Å². The number of thiazole rings is 1. The van der Waals surface area contributed by atoms with Gasteiger partial charge in [0.15, 0.2) is 11.2 Å². The lowest BCUT2D eigenvalue weighted by Crippen LogP contribution is -2.39. The van der Waals surface area contributed by atoms with E-state index in [4.69, 9.17) is 9.84 Å². The van der Waals surface area contributed by atoms with Crippen LogP contribution in [0, 0.1) is 0 Å². The second-order valence-electron chi connectivity index (χ2n) is 4.32. The molecule has 0 aliphatic carbocycles. The highest BCUT2D eigenvalue weighted by Gasteiger charge is 2.40. The summed E-state index contributed by atoms with van der Waals surface area (Å²) in [7, 11) is 0. The molecule has 0 saturated carbocycles. The van der Waals surface area contributed by atoms with Crippen molar-refractivity contribution in [3.05, 3.63) is 34.1 Å². The van der Waals surface area contributed by atoms with E-state index in [1.165, 1.54) is 11.3 Å². The Morgan fingerprint density at radius 2 is 2.14 bits per heavy atom. The van der Waals surface area contributed by atoms with E-state index >= 15 is 0 Å². The molecule has 1 aliphatic heterocycles. The second-order valence-corrected chi connectivity index (χ2v) is 6.08. The number of anilines is 1. The van der Waals surface area contributed by atoms with Gasteiger partial charge in [-0.2, -0.15) is 0 Å². The van der Waals surface area contributed by atoms with Gasteiger partial charge in [0.2, 0.25) is 0 Å². The van der Waals surface area contributed by atoms with Gasteiger partial charge in [0.25, 0.3) is 0 Å². The van der Waals surface area contributed by atoms with Crippen LogP contribution < -0.4 is 4.90 Å². The van der Waals surface area contributed by atoms with Crippen LogP contribution in [0.4, 0.5) is 9.93 Å². The van der Waals surface area contributed by atoms with Crippen LogP contribution in [-0.4, -0.2) is 34.8 Å². The standard InChI is InChI=1S/C13H9BrN2O4S/c14-8-3-1-7(2-4-8)9-6-21-12(15-9)16-10(11(17)18)5-20-13(16)19/h1-4,6,10H,5H2,(H,17,18)/t10-/m0/s1. The Kier molecular flexibility index (Phi) is 3.64. The predicted molar refractivity (Wildman–Crippen MR) is 80.5 cm³/mol. The Morgan fingerprint density at radius 1 is 1.43 bits per heavy atom. The number of aromatic nitrogens is 1. The number of carboxylic acid groups (broad SMARTS) is 1. The van der Waals surface area contributed by atoms with Crippen LogP contribution in [0.25, 0.3) is 11.3 Å². The normalized spacial score (nSPS) is 17.9. The summed E-state index contributed by atoms with van der Waals surface area (Å²) in [5.41, 5.74) is 1.58. The molecule has 108 valence electrons. The van der Waals surface area contributed by atoms with Gasteiger partial charge in [0.1, 0.15) is 6.61 Å². The van der Waals surface area contributed by atoms with Gasteiger partial charge in [-0.15, -0.1) is 11.3 Å². The van der Waals surface area contributed by atoms with Gasteiger partial charge in [-0.25, -0.2) is 19.5 Å². The maximum atomic E-state index is 11.7. The number of hydrogen-bond acceptors (Lipinski definition) is 5. The lowest BCUT2D eigenvalue weighted by atomic mass is 10.2. The van der Waals surface area contributed by atoms with E-state index in [9.17, 15) is 9.59 Å². The lowest BCUT2D eigenvalue weighted by Gasteiger charge is -2.13. The molecule has 21 heavy (non-hydrogen) atoms. The van der Waals surface area contributed by atoms with Crippen molar-refractivity contribution in [2.24, 2.45) is 0 Å². The highest BCUT2D eigenvalue weighted by Crippen LogP contribution is 2.31. The van der Waals surface area contributed by atoms with Crippen LogP contribution in [0.5, 0.6) is 0 Å². The van der Waals surface area contributed by atoms with Crippen molar-refractivity contribution < 1.29 is 19.4 Å². The van der Waals surface area contributed by atoms with Gasteiger partial charge in [-0.05, 0) is 12.1 Å². The average molecular weight is 369 g/mol. The zero-order chi connectivity index (χ0) is 15.0. The number of benzene rings is 1. The Labute approximate surface area is 132 Å². The van der Waals surface area contributed by atoms with Gasteiger partial charge in [0, 0.05) is 15.4 Å². The largest absolute Gasteiger partial charge is 0.480 e. The van der Waals surface area contributed by atoms with E-state index in [1.54, 1.807) is 5.38 Å². The maximum Gasteiger partial charge on any atom is 0.417 e. The van der Waals surface area contributed by atoms with Gasteiger partial charge in [0.05, 0.1) is 5.69 Å². The second kappa shape index (κ2) is 5.45. The van der Waals surface area contributed by atoms with Crippen LogP contribution in [0.2, 0.25) is 0 Å². The van der Waals surface area contributed by atoms with Gasteiger partial charge >= 0.3 is 12.1 Å². The summed E-state index contributed by atoms with van der Waals surface area (Å²) in [6.45, 7) is -0.165. The third-order valence-electron chi connectivity index (χ3n) is 3.00. The first-order valence-electron chi connectivity index (χ1n) is 5.96. The van der Waals surface area contributed by atoms with Crippen molar-refractivity contribution in [1.82, 2.24) is 4.98 Å². The summed E-state index contributed by atoms with van der Waals surface area (Å²) in [5, 5.41) is 11.2. The number of aliphatic carboxylic acids is 1. The summed E-state index contributed by atoms with van der Waals surface area (Å²) < 4.78 is 5.75. The third kappa shape index (κ3) is 2.64. The molecule has 1 N–H and O–H groups in total. The van der Waals surface area contributed by atoms with Crippen LogP contribution in [-0.2, 0) is 9.53 Å². The summed E-state index contributed by atoms with van der Waals surface area (Å²) in [5.74, 6) is -1.11. The molecule has 1 saturated heterocycles. The molecule has 1 atom stereocenters. The van der Waals surface area contributed by atoms with Gasteiger partial charge in [-0.1, -0.05) is 28.1 Å². The molecule has 0 unspecified atom stereocenters. The van der Waals surface area contributed by atoms with Crippen molar-refractivity contribution in [2.45, 2.75) is 6.04 Å². The highest BCUT2D eigenvalue weighted by atomic mass is 79.9. The quantitative estimate of drug-likeness (QED) is 0.900. The monoisotopic (exact) mass is 368 g/mol. The molecule has 1 fully saturated rings. The Bertz CT molecular complexity index is 700. The molecule has 1 amide bonds. The number of hydrogen-bond donors (Lipinski definition) is 1. The van der Waals surface area contributed by atoms with Crippen LogP contribution >= 0.6 is 27.3 Å². The minimum atomic E-state index is -1.11. The minimum absolute atomic E-state index is 0.165. The van der Waals surface area contributed by atoms with Gasteiger partial charge in [-0.3, -0.25) is 0 Å². The first kappa shape index (κ1) is 14.0. The fraction of sp³-hybridized carbons (Fsp3) is 0.154. The van der Waals surface area contributed by atoms with E-state index in [-0.39, 0.29) is 6.61 Å². The summed E-state index contributed by atoms with van der Waals surface area (Å²) in [6, 6.07) is 6.53. The number of halogens is 1. The number of amides is 1. The molecule has 0 spiro atoms. The third-order valence-corrected chi connectivity index (χ3v) is 4.36. The van der Waals surface area contributed by atoms with E-state index in [0.29, 0.717) is 10.8 Å². The molecule has 0 radical (unpaired) electrons. The molecule has 1 aliphatic rings. The molecular formula is C13H9BrN2O4S. The van der Waals surface area contributed by atoms with Crippen LogP contribution in [0.15, 0.2) is 34.1 Å². The topological polar surface area (TPSA) is 79.7 Å². The zero-order valence-electron chi connectivity index (χ0n) is 10.5. The fourth-order valence-corrected chi connectivity index (χ4v) is 3.08. The molecule has 2 aromatic rings. The van der Waals surface area contributed by atoms with Crippen molar-refractivity contribution in [3.8, 4) is 11.3 Å². The number of carbonyl (C=O) groups excluding carboxylic acids is 1. The van der Waals surface area contributed by atoms with Crippen molar-refractivity contribution in [1.29, 1.82) is 0 Å². The van der Waals surface area contributed by atoms with Crippen LogP contribution in [0.3, 0.4) is 0 Å².